The highest BCUT2D eigenvalue weighted by atomic mass is 16.5. The van der Waals surface area contributed by atoms with Crippen LogP contribution in [0.15, 0.2) is 24.3 Å². The van der Waals surface area contributed by atoms with E-state index < -0.39 is 11.9 Å². The number of hydrogen-bond acceptors (Lipinski definition) is 5. The zero-order valence-corrected chi connectivity index (χ0v) is 14.0. The summed E-state index contributed by atoms with van der Waals surface area (Å²) in [6.07, 6.45) is 3.32. The molecule has 25 heavy (non-hydrogen) atoms. The summed E-state index contributed by atoms with van der Waals surface area (Å²) in [5.41, 5.74) is 0.712. The molecular formula is C18H20N2O5. The highest BCUT2D eigenvalue weighted by Gasteiger charge is 2.48. The van der Waals surface area contributed by atoms with E-state index in [-0.39, 0.29) is 30.2 Å². The van der Waals surface area contributed by atoms with Crippen LogP contribution < -0.4 is 5.32 Å². The van der Waals surface area contributed by atoms with Crippen molar-refractivity contribution in [2.75, 3.05) is 19.0 Å². The lowest BCUT2D eigenvalue weighted by atomic mass is 9.81. The molecule has 1 heterocycles. The van der Waals surface area contributed by atoms with Gasteiger partial charge in [0.2, 0.25) is 17.7 Å². The summed E-state index contributed by atoms with van der Waals surface area (Å²) in [5.74, 6) is -2.00. The first kappa shape index (κ1) is 17.1. The highest BCUT2D eigenvalue weighted by molar-refractivity contribution is 6.08. The number of nitrogens with zero attached hydrogens (tertiary/aromatic N) is 1. The van der Waals surface area contributed by atoms with Gasteiger partial charge >= 0.3 is 5.97 Å². The van der Waals surface area contributed by atoms with Crippen LogP contribution in [-0.2, 0) is 19.1 Å². The fourth-order valence-corrected chi connectivity index (χ4v) is 3.57. The number of carbonyl (C=O) groups is 4. The molecule has 1 saturated carbocycles. The van der Waals surface area contributed by atoms with Crippen LogP contribution in [0.3, 0.4) is 0 Å². The van der Waals surface area contributed by atoms with Gasteiger partial charge in [-0.2, -0.15) is 0 Å². The topological polar surface area (TPSA) is 92.8 Å². The first-order valence-corrected chi connectivity index (χ1v) is 8.34. The van der Waals surface area contributed by atoms with Gasteiger partial charge in [-0.25, -0.2) is 4.79 Å². The largest absolute Gasteiger partial charge is 0.465 e. The molecule has 1 aliphatic carbocycles. The number of imide groups is 1. The van der Waals surface area contributed by atoms with Gasteiger partial charge in [-0.15, -0.1) is 0 Å². The summed E-state index contributed by atoms with van der Waals surface area (Å²) in [7, 11) is 1.28. The van der Waals surface area contributed by atoms with E-state index in [0.29, 0.717) is 24.1 Å². The smallest absolute Gasteiger partial charge is 0.337 e. The van der Waals surface area contributed by atoms with Crippen LogP contribution in [0.25, 0.3) is 0 Å². The molecule has 3 amide bonds. The molecule has 132 valence electrons. The molecule has 1 aliphatic heterocycles. The molecular weight excluding hydrogens is 324 g/mol. The second-order valence-electron chi connectivity index (χ2n) is 6.38. The molecule has 0 bridgehead atoms. The predicted octanol–water partition coefficient (Wildman–Crippen LogP) is 1.59. The van der Waals surface area contributed by atoms with Crippen LogP contribution in [0.2, 0.25) is 0 Å². The Morgan fingerprint density at radius 2 is 1.80 bits per heavy atom. The SMILES string of the molecule is COC(=O)c1cccc(NC(=O)CN2C(=O)[C@H]3CCCC[C@@H]3C2=O)c1. The van der Waals surface area contributed by atoms with Crippen molar-refractivity contribution in [1.82, 2.24) is 4.90 Å². The number of nitrogens with one attached hydrogen (secondary N) is 1. The monoisotopic (exact) mass is 344 g/mol. The predicted molar refractivity (Wildman–Crippen MR) is 88.6 cm³/mol. The average molecular weight is 344 g/mol. The van der Waals surface area contributed by atoms with Crippen molar-refractivity contribution >= 4 is 29.4 Å². The van der Waals surface area contributed by atoms with Crippen molar-refractivity contribution in [3.63, 3.8) is 0 Å². The maximum Gasteiger partial charge on any atom is 0.337 e. The van der Waals surface area contributed by atoms with Gasteiger partial charge in [0, 0.05) is 5.69 Å². The van der Waals surface area contributed by atoms with Crippen molar-refractivity contribution < 1.29 is 23.9 Å². The standard InChI is InChI=1S/C18H20N2O5/c1-25-18(24)11-5-4-6-12(9-11)19-15(21)10-20-16(22)13-7-2-3-8-14(13)17(20)23/h4-6,9,13-14H,2-3,7-8,10H2,1H3,(H,19,21)/t13-,14-/m0/s1. The zero-order chi connectivity index (χ0) is 18.0. The number of benzene rings is 1. The third kappa shape index (κ3) is 3.40. The molecule has 2 fully saturated rings. The van der Waals surface area contributed by atoms with Crippen LogP contribution >= 0.6 is 0 Å². The summed E-state index contributed by atoms with van der Waals surface area (Å²) in [4.78, 5) is 49.6. The van der Waals surface area contributed by atoms with E-state index in [1.54, 1.807) is 18.2 Å². The van der Waals surface area contributed by atoms with E-state index in [0.717, 1.165) is 17.7 Å². The number of fused-ring (bicyclic) bond motifs is 1. The number of esters is 1. The summed E-state index contributed by atoms with van der Waals surface area (Å²) < 4.78 is 4.64. The quantitative estimate of drug-likeness (QED) is 0.661. The second-order valence-corrected chi connectivity index (χ2v) is 6.38. The van der Waals surface area contributed by atoms with E-state index in [1.165, 1.54) is 13.2 Å². The number of amides is 3. The van der Waals surface area contributed by atoms with Gasteiger partial charge in [0.1, 0.15) is 6.54 Å². The highest BCUT2D eigenvalue weighted by Crippen LogP contribution is 2.37. The van der Waals surface area contributed by atoms with Crippen molar-refractivity contribution in [2.24, 2.45) is 11.8 Å². The first-order chi connectivity index (χ1) is 12.0. The van der Waals surface area contributed by atoms with E-state index >= 15 is 0 Å². The molecule has 0 radical (unpaired) electrons. The Hall–Kier alpha value is -2.70. The van der Waals surface area contributed by atoms with Crippen molar-refractivity contribution in [1.29, 1.82) is 0 Å². The molecule has 2 atom stereocenters. The molecule has 1 N–H and O–H groups in total. The Balaban J connectivity index is 1.66. The van der Waals surface area contributed by atoms with Gasteiger partial charge in [-0.1, -0.05) is 18.9 Å². The van der Waals surface area contributed by atoms with Crippen molar-refractivity contribution in [2.45, 2.75) is 25.7 Å². The Bertz CT molecular complexity index is 706. The van der Waals surface area contributed by atoms with Crippen LogP contribution in [0.5, 0.6) is 0 Å². The lowest BCUT2D eigenvalue weighted by molar-refractivity contribution is -0.142. The third-order valence-corrected chi connectivity index (χ3v) is 4.80. The summed E-state index contributed by atoms with van der Waals surface area (Å²) in [6.45, 7) is -0.298. The number of hydrogen-bond donors (Lipinski definition) is 1. The summed E-state index contributed by atoms with van der Waals surface area (Å²) >= 11 is 0. The third-order valence-electron chi connectivity index (χ3n) is 4.80. The number of carbonyl (C=O) groups excluding carboxylic acids is 4. The lowest BCUT2D eigenvalue weighted by Gasteiger charge is -2.19. The van der Waals surface area contributed by atoms with Crippen molar-refractivity contribution in [3.8, 4) is 0 Å². The van der Waals surface area contributed by atoms with Gasteiger partial charge in [0.05, 0.1) is 24.5 Å². The molecule has 7 heteroatoms. The Morgan fingerprint density at radius 1 is 1.16 bits per heavy atom. The molecule has 1 aromatic carbocycles. The summed E-state index contributed by atoms with van der Waals surface area (Å²) in [5, 5.41) is 2.62. The van der Waals surface area contributed by atoms with Gasteiger partial charge < -0.3 is 10.1 Å². The van der Waals surface area contributed by atoms with Gasteiger partial charge in [0.15, 0.2) is 0 Å². The average Bonchev–Trinajstić information content (AvgIpc) is 2.86. The van der Waals surface area contributed by atoms with E-state index in [1.807, 2.05) is 0 Å². The maximum absolute atomic E-state index is 12.4. The number of methoxy groups -OCH3 is 1. The van der Waals surface area contributed by atoms with Gasteiger partial charge in [-0.3, -0.25) is 19.3 Å². The molecule has 3 rings (SSSR count). The number of anilines is 1. The Kier molecular flexibility index (Phi) is 4.83. The van der Waals surface area contributed by atoms with Crippen molar-refractivity contribution in [3.05, 3.63) is 29.8 Å². The minimum absolute atomic E-state index is 0.242. The minimum Gasteiger partial charge on any atom is -0.465 e. The Morgan fingerprint density at radius 3 is 2.40 bits per heavy atom. The zero-order valence-electron chi connectivity index (χ0n) is 14.0. The molecule has 1 saturated heterocycles. The minimum atomic E-state index is -0.509. The maximum atomic E-state index is 12.4. The molecule has 0 spiro atoms. The van der Waals surface area contributed by atoms with E-state index in [2.05, 4.69) is 10.1 Å². The fraction of sp³-hybridized carbons (Fsp3) is 0.444. The van der Waals surface area contributed by atoms with E-state index in [4.69, 9.17) is 0 Å². The summed E-state index contributed by atoms with van der Waals surface area (Å²) in [6, 6.07) is 6.29. The lowest BCUT2D eigenvalue weighted by Crippen LogP contribution is -2.38. The molecule has 1 aromatic rings. The van der Waals surface area contributed by atoms with Crippen LogP contribution in [0.1, 0.15) is 36.0 Å². The van der Waals surface area contributed by atoms with Gasteiger partial charge in [-0.05, 0) is 31.0 Å². The normalized spacial score (nSPS) is 22.5. The van der Waals surface area contributed by atoms with Crippen LogP contribution in [0.4, 0.5) is 5.69 Å². The molecule has 2 aliphatic rings. The second kappa shape index (κ2) is 7.04. The Labute approximate surface area is 145 Å². The molecule has 0 unspecified atom stereocenters. The van der Waals surface area contributed by atoms with Crippen LogP contribution in [-0.4, -0.2) is 42.2 Å². The number of likely N-dealkylation sites (tertiary alicyclic amines) is 1. The molecule has 0 aromatic heterocycles. The van der Waals surface area contributed by atoms with Crippen LogP contribution in [0, 0.1) is 11.8 Å². The number of rotatable bonds is 4. The molecule has 7 nitrogen and oxygen atoms in total. The first-order valence-electron chi connectivity index (χ1n) is 8.34. The van der Waals surface area contributed by atoms with E-state index in [9.17, 15) is 19.2 Å². The van der Waals surface area contributed by atoms with Gasteiger partial charge in [0.25, 0.3) is 0 Å². The number of ether oxygens (including phenoxy) is 1. The fourth-order valence-electron chi connectivity index (χ4n) is 3.57.